The van der Waals surface area contributed by atoms with Crippen LogP contribution in [0.4, 0.5) is 4.39 Å². The molecule has 206 valence electrons. The predicted molar refractivity (Wildman–Crippen MR) is 152 cm³/mol. The van der Waals surface area contributed by atoms with Gasteiger partial charge >= 0.3 is 5.97 Å². The average Bonchev–Trinajstić information content (AvgIpc) is 3.39. The van der Waals surface area contributed by atoms with E-state index in [1.807, 2.05) is 37.3 Å². The summed E-state index contributed by atoms with van der Waals surface area (Å²) < 4.78 is 25.4. The molecule has 0 saturated heterocycles. The number of carbonyl (C=O) groups is 1. The van der Waals surface area contributed by atoms with Crippen molar-refractivity contribution in [2.45, 2.75) is 32.4 Å². The molecule has 0 radical (unpaired) electrons. The molecule has 0 saturated carbocycles. The summed E-state index contributed by atoms with van der Waals surface area (Å²) >= 11 is 0. The molecule has 1 heterocycles. The van der Waals surface area contributed by atoms with Gasteiger partial charge in [-0.3, -0.25) is 0 Å². The number of carboxylic acid groups (broad SMARTS) is 1. The van der Waals surface area contributed by atoms with Crippen LogP contribution in [-0.2, 0) is 11.3 Å². The highest BCUT2D eigenvalue weighted by molar-refractivity contribution is 6.15. The summed E-state index contributed by atoms with van der Waals surface area (Å²) in [5.41, 5.74) is 9.33. The second-order valence-corrected chi connectivity index (χ2v) is 9.85. The van der Waals surface area contributed by atoms with Crippen LogP contribution in [0.5, 0.6) is 5.75 Å². The third kappa shape index (κ3) is 5.50. The van der Waals surface area contributed by atoms with Gasteiger partial charge in [0.15, 0.2) is 0 Å². The van der Waals surface area contributed by atoms with E-state index >= 15 is 0 Å². The Morgan fingerprint density at radius 1 is 1.12 bits per heavy atom. The lowest BCUT2D eigenvalue weighted by atomic mass is 9.88. The zero-order chi connectivity index (χ0) is 28.2. The average molecular weight is 543 g/mol. The third-order valence-corrected chi connectivity index (χ3v) is 7.08. The molecule has 8 heteroatoms. The number of phenolic OH excluding ortho intramolecular Hbond substituents is 1. The van der Waals surface area contributed by atoms with Gasteiger partial charge in [-0.25, -0.2) is 9.18 Å². The van der Waals surface area contributed by atoms with Crippen molar-refractivity contribution >= 4 is 27.7 Å². The van der Waals surface area contributed by atoms with E-state index in [4.69, 9.17) is 14.9 Å². The second kappa shape index (κ2) is 11.8. The number of allylic oxidation sites excluding steroid dienone is 4. The van der Waals surface area contributed by atoms with Gasteiger partial charge in [0.2, 0.25) is 0 Å². The van der Waals surface area contributed by atoms with E-state index in [1.165, 1.54) is 18.4 Å². The fraction of sp³-hybridized carbons (Fsp3) is 0.219. The van der Waals surface area contributed by atoms with Gasteiger partial charge in [-0.1, -0.05) is 54.1 Å². The molecule has 0 fully saturated rings. The van der Waals surface area contributed by atoms with Crippen LogP contribution in [0.25, 0.3) is 21.7 Å². The van der Waals surface area contributed by atoms with E-state index in [2.05, 4.69) is 5.32 Å². The quantitative estimate of drug-likeness (QED) is 0.191. The lowest BCUT2D eigenvalue weighted by Gasteiger charge is -2.25. The number of ether oxygens (including phenoxy) is 1. The molecule has 1 aromatic heterocycles. The zero-order valence-corrected chi connectivity index (χ0v) is 22.1. The molecular weight excluding hydrogens is 511 g/mol. The molecule has 1 atom stereocenters. The summed E-state index contributed by atoms with van der Waals surface area (Å²) in [5, 5.41) is 26.6. The lowest BCUT2D eigenvalue weighted by molar-refractivity contribution is 0.0698. The number of aromatic carboxylic acids is 1. The lowest BCUT2D eigenvalue weighted by Crippen LogP contribution is -2.29. The van der Waals surface area contributed by atoms with Crippen molar-refractivity contribution in [1.29, 1.82) is 0 Å². The van der Waals surface area contributed by atoms with E-state index in [-0.39, 0.29) is 23.7 Å². The summed E-state index contributed by atoms with van der Waals surface area (Å²) in [5.74, 6) is -0.791. The molecule has 0 amide bonds. The molecule has 3 aromatic carbocycles. The SMILES string of the molecule is CC1=CC=C(C(NCCN)c2c(O)c3ccccc3c3occ(C(=O)O)c23)C=C(OCc2ccc(F)cc2)CC1. The first-order valence-electron chi connectivity index (χ1n) is 13.1. The molecule has 5 N–H and O–H groups in total. The third-order valence-electron chi connectivity index (χ3n) is 7.08. The Labute approximate surface area is 231 Å². The fourth-order valence-electron chi connectivity index (χ4n) is 5.03. The molecule has 5 rings (SSSR count). The van der Waals surface area contributed by atoms with E-state index in [0.717, 1.165) is 23.1 Å². The first kappa shape index (κ1) is 27.2. The van der Waals surface area contributed by atoms with Crippen LogP contribution in [0.3, 0.4) is 0 Å². The number of fused-ring (bicyclic) bond motifs is 3. The molecule has 1 aliphatic rings. The van der Waals surface area contributed by atoms with Crippen molar-refractivity contribution < 1.29 is 28.6 Å². The normalized spacial score (nSPS) is 14.7. The summed E-state index contributed by atoms with van der Waals surface area (Å²) in [6.45, 7) is 3.02. The number of hydrogen-bond acceptors (Lipinski definition) is 6. The molecular formula is C32H31FN2O5. The van der Waals surface area contributed by atoms with Crippen molar-refractivity contribution in [1.82, 2.24) is 5.32 Å². The largest absolute Gasteiger partial charge is 0.507 e. The number of halogens is 1. The van der Waals surface area contributed by atoms with E-state index in [9.17, 15) is 19.4 Å². The Hall–Kier alpha value is -4.40. The number of carboxylic acids is 1. The number of hydrogen-bond donors (Lipinski definition) is 4. The standard InChI is InChI=1S/C32H31FN2O5/c1-19-6-10-21(16-23(13-7-19)39-17-20-8-11-22(33)12-9-20)29(35-15-14-34)28-27-26(32(37)38)18-40-31(27)25-5-3-2-4-24(25)30(28)36/h2-6,8-12,16,18,29,35-36H,7,13-15,17,34H2,1H3,(H,37,38). The Balaban J connectivity index is 1.67. The maximum atomic E-state index is 13.4. The molecule has 40 heavy (non-hydrogen) atoms. The number of aromatic hydroxyl groups is 1. The minimum Gasteiger partial charge on any atom is -0.507 e. The second-order valence-electron chi connectivity index (χ2n) is 9.85. The maximum Gasteiger partial charge on any atom is 0.339 e. The van der Waals surface area contributed by atoms with Crippen molar-refractivity contribution in [2.24, 2.45) is 5.73 Å². The Morgan fingerprint density at radius 3 is 2.60 bits per heavy atom. The van der Waals surface area contributed by atoms with Gasteiger partial charge in [0.1, 0.15) is 35.6 Å². The van der Waals surface area contributed by atoms with Crippen molar-refractivity contribution in [2.75, 3.05) is 13.1 Å². The van der Waals surface area contributed by atoms with Crippen LogP contribution in [0.1, 0.15) is 47.3 Å². The maximum absolute atomic E-state index is 13.4. The minimum absolute atomic E-state index is 0.0348. The van der Waals surface area contributed by atoms with Crippen LogP contribution in [-0.4, -0.2) is 29.3 Å². The highest BCUT2D eigenvalue weighted by Gasteiger charge is 2.29. The van der Waals surface area contributed by atoms with Gasteiger partial charge in [-0.15, -0.1) is 0 Å². The first-order valence-corrected chi connectivity index (χ1v) is 13.1. The highest BCUT2D eigenvalue weighted by Crippen LogP contribution is 2.45. The van der Waals surface area contributed by atoms with E-state index in [1.54, 1.807) is 24.3 Å². The Morgan fingerprint density at radius 2 is 1.88 bits per heavy atom. The highest BCUT2D eigenvalue weighted by atomic mass is 19.1. The molecule has 7 nitrogen and oxygen atoms in total. The minimum atomic E-state index is -1.16. The summed E-state index contributed by atoms with van der Waals surface area (Å²) in [6.07, 6.45) is 8.52. The number of furan rings is 1. The Bertz CT molecular complexity index is 1650. The van der Waals surface area contributed by atoms with Gasteiger partial charge in [-0.05, 0) is 42.7 Å². The molecule has 1 unspecified atom stereocenters. The summed E-state index contributed by atoms with van der Waals surface area (Å²) in [4.78, 5) is 12.3. The molecule has 0 spiro atoms. The molecule has 0 bridgehead atoms. The van der Waals surface area contributed by atoms with Gasteiger partial charge in [-0.2, -0.15) is 0 Å². The van der Waals surface area contributed by atoms with E-state index in [0.29, 0.717) is 52.6 Å². The zero-order valence-electron chi connectivity index (χ0n) is 22.1. The monoisotopic (exact) mass is 542 g/mol. The number of phenols is 1. The summed E-state index contributed by atoms with van der Waals surface area (Å²) in [6, 6.07) is 12.7. The van der Waals surface area contributed by atoms with Crippen LogP contribution < -0.4 is 11.1 Å². The molecule has 1 aliphatic carbocycles. The smallest absolute Gasteiger partial charge is 0.339 e. The van der Waals surface area contributed by atoms with Gasteiger partial charge in [0, 0.05) is 41.2 Å². The first-order chi connectivity index (χ1) is 19.4. The van der Waals surface area contributed by atoms with Crippen LogP contribution in [0, 0.1) is 5.82 Å². The van der Waals surface area contributed by atoms with Crippen molar-refractivity contribution in [3.05, 3.63) is 112 Å². The number of nitrogens with one attached hydrogen (secondary N) is 1. The van der Waals surface area contributed by atoms with Crippen molar-refractivity contribution in [3.8, 4) is 5.75 Å². The molecule has 0 aliphatic heterocycles. The topological polar surface area (TPSA) is 118 Å². The Kier molecular flexibility index (Phi) is 8.00. The van der Waals surface area contributed by atoms with Crippen LogP contribution in [0.15, 0.2) is 94.3 Å². The predicted octanol–water partition coefficient (Wildman–Crippen LogP) is 6.49. The number of rotatable bonds is 9. The van der Waals surface area contributed by atoms with Gasteiger partial charge < -0.3 is 30.4 Å². The van der Waals surface area contributed by atoms with E-state index < -0.39 is 12.0 Å². The van der Waals surface area contributed by atoms with Crippen molar-refractivity contribution in [3.63, 3.8) is 0 Å². The van der Waals surface area contributed by atoms with Gasteiger partial charge in [0.25, 0.3) is 0 Å². The molecule has 4 aromatic rings. The number of nitrogens with two attached hydrogens (primary N) is 1. The van der Waals surface area contributed by atoms with Crippen LogP contribution in [0.2, 0.25) is 0 Å². The summed E-state index contributed by atoms with van der Waals surface area (Å²) in [7, 11) is 0. The van der Waals surface area contributed by atoms with Crippen LogP contribution >= 0.6 is 0 Å². The number of benzene rings is 3. The fourth-order valence-corrected chi connectivity index (χ4v) is 5.03. The van der Waals surface area contributed by atoms with Gasteiger partial charge in [0.05, 0.1) is 11.8 Å².